The van der Waals surface area contributed by atoms with Crippen molar-refractivity contribution in [2.45, 2.75) is 13.0 Å². The number of benzene rings is 2. The van der Waals surface area contributed by atoms with Gasteiger partial charge in [-0.2, -0.15) is 4.98 Å². The molecule has 3 rings (SSSR count). The van der Waals surface area contributed by atoms with E-state index >= 15 is 0 Å². The second-order valence-electron chi connectivity index (χ2n) is 4.97. The van der Waals surface area contributed by atoms with Crippen LogP contribution in [0.2, 0.25) is 5.02 Å². The average Bonchev–Trinajstić information content (AvgIpc) is 3.06. The number of anilines is 1. The fourth-order valence-corrected chi connectivity index (χ4v) is 2.15. The largest absolute Gasteiger partial charge is 0.479 e. The highest BCUT2D eigenvalue weighted by Gasteiger charge is 2.19. The lowest BCUT2D eigenvalue weighted by molar-refractivity contribution is -0.122. The predicted molar refractivity (Wildman–Crippen MR) is 89.9 cm³/mol. The van der Waals surface area contributed by atoms with E-state index in [2.05, 4.69) is 15.5 Å². The zero-order valence-corrected chi connectivity index (χ0v) is 13.5. The maximum absolute atomic E-state index is 12.2. The Morgan fingerprint density at radius 1 is 1.17 bits per heavy atom. The van der Waals surface area contributed by atoms with Crippen LogP contribution in [-0.4, -0.2) is 22.2 Å². The predicted octanol–water partition coefficient (Wildman–Crippen LogP) is 3.80. The van der Waals surface area contributed by atoms with Crippen LogP contribution >= 0.6 is 11.6 Å². The normalized spacial score (nSPS) is 11.8. The number of nitrogens with one attached hydrogen (secondary N) is 1. The molecular formula is C17H14ClN3O3. The Morgan fingerprint density at radius 3 is 2.62 bits per heavy atom. The molecule has 122 valence electrons. The second-order valence-corrected chi connectivity index (χ2v) is 5.38. The number of nitrogens with zero attached hydrogens (tertiary/aromatic N) is 2. The maximum atomic E-state index is 12.2. The third-order valence-corrected chi connectivity index (χ3v) is 3.50. The summed E-state index contributed by atoms with van der Waals surface area (Å²) in [5.74, 6) is 0.425. The zero-order chi connectivity index (χ0) is 16.9. The second kappa shape index (κ2) is 7.14. The summed E-state index contributed by atoms with van der Waals surface area (Å²) in [4.78, 5) is 16.3. The van der Waals surface area contributed by atoms with Gasteiger partial charge in [0.1, 0.15) is 5.75 Å². The molecule has 0 saturated heterocycles. The Hall–Kier alpha value is -2.86. The first-order chi connectivity index (χ1) is 11.6. The monoisotopic (exact) mass is 343 g/mol. The summed E-state index contributed by atoms with van der Waals surface area (Å²) in [5.41, 5.74) is 0.769. The van der Waals surface area contributed by atoms with Gasteiger partial charge in [0, 0.05) is 5.56 Å². The van der Waals surface area contributed by atoms with Crippen molar-refractivity contribution in [2.75, 3.05) is 5.32 Å². The smallest absolute Gasteiger partial charge is 0.270 e. The zero-order valence-electron chi connectivity index (χ0n) is 12.8. The fraction of sp³-hybridized carbons (Fsp3) is 0.118. The molecule has 0 aliphatic rings. The topological polar surface area (TPSA) is 77.2 Å². The van der Waals surface area contributed by atoms with E-state index in [0.29, 0.717) is 16.7 Å². The molecule has 1 N–H and O–H groups in total. The van der Waals surface area contributed by atoms with Gasteiger partial charge in [0.05, 0.1) is 5.02 Å². The van der Waals surface area contributed by atoms with Crippen LogP contribution in [-0.2, 0) is 4.79 Å². The van der Waals surface area contributed by atoms with Crippen molar-refractivity contribution in [1.82, 2.24) is 10.1 Å². The molecule has 0 bridgehead atoms. The summed E-state index contributed by atoms with van der Waals surface area (Å²) in [6, 6.07) is 16.2. The molecule has 0 fully saturated rings. The van der Waals surface area contributed by atoms with E-state index in [-0.39, 0.29) is 5.95 Å². The minimum atomic E-state index is -0.774. The molecule has 0 aliphatic carbocycles. The number of hydrogen-bond acceptors (Lipinski definition) is 5. The van der Waals surface area contributed by atoms with E-state index in [9.17, 15) is 4.79 Å². The number of ether oxygens (including phenoxy) is 1. The first-order valence-corrected chi connectivity index (χ1v) is 7.62. The van der Waals surface area contributed by atoms with Crippen LogP contribution in [0.15, 0.2) is 59.1 Å². The number of carbonyl (C=O) groups excluding carboxylic acids is 1. The summed E-state index contributed by atoms with van der Waals surface area (Å²) < 4.78 is 10.7. The van der Waals surface area contributed by atoms with Crippen molar-refractivity contribution in [3.63, 3.8) is 0 Å². The molecule has 24 heavy (non-hydrogen) atoms. The van der Waals surface area contributed by atoms with Gasteiger partial charge in [-0.1, -0.05) is 41.9 Å². The van der Waals surface area contributed by atoms with Gasteiger partial charge in [0.15, 0.2) is 6.10 Å². The molecule has 7 heteroatoms. The maximum Gasteiger partial charge on any atom is 0.270 e. The van der Waals surface area contributed by atoms with Gasteiger partial charge in [0.25, 0.3) is 17.7 Å². The van der Waals surface area contributed by atoms with E-state index in [1.165, 1.54) is 0 Å². The molecule has 1 atom stereocenters. The van der Waals surface area contributed by atoms with Crippen molar-refractivity contribution in [1.29, 1.82) is 0 Å². The molecule has 1 heterocycles. The van der Waals surface area contributed by atoms with Crippen molar-refractivity contribution in [3.05, 3.63) is 59.6 Å². The van der Waals surface area contributed by atoms with E-state index in [1.54, 1.807) is 31.2 Å². The lowest BCUT2D eigenvalue weighted by Crippen LogP contribution is -2.30. The number of hydrogen-bond donors (Lipinski definition) is 1. The molecule has 0 saturated carbocycles. The summed E-state index contributed by atoms with van der Waals surface area (Å²) in [5, 5.41) is 6.72. The van der Waals surface area contributed by atoms with Crippen LogP contribution in [0.25, 0.3) is 11.5 Å². The molecule has 6 nitrogen and oxygen atoms in total. The van der Waals surface area contributed by atoms with Crippen molar-refractivity contribution in [2.24, 2.45) is 0 Å². The molecule has 0 spiro atoms. The Kier molecular flexibility index (Phi) is 4.77. The first-order valence-electron chi connectivity index (χ1n) is 7.24. The van der Waals surface area contributed by atoms with E-state index < -0.39 is 12.0 Å². The lowest BCUT2D eigenvalue weighted by atomic mass is 10.2. The van der Waals surface area contributed by atoms with Crippen molar-refractivity contribution >= 4 is 23.5 Å². The minimum Gasteiger partial charge on any atom is -0.479 e. The van der Waals surface area contributed by atoms with Crippen molar-refractivity contribution < 1.29 is 14.1 Å². The number of amides is 1. The van der Waals surface area contributed by atoms with Gasteiger partial charge in [-0.3, -0.25) is 10.1 Å². The van der Waals surface area contributed by atoms with Gasteiger partial charge in [0.2, 0.25) is 0 Å². The molecule has 1 aromatic heterocycles. The Morgan fingerprint density at radius 2 is 1.88 bits per heavy atom. The highest BCUT2D eigenvalue weighted by atomic mass is 35.5. The van der Waals surface area contributed by atoms with Crippen LogP contribution in [0.5, 0.6) is 5.75 Å². The van der Waals surface area contributed by atoms with Gasteiger partial charge >= 0.3 is 0 Å². The summed E-state index contributed by atoms with van der Waals surface area (Å²) in [6.45, 7) is 1.61. The number of aromatic nitrogens is 2. The fourth-order valence-electron chi connectivity index (χ4n) is 1.97. The Bertz CT molecular complexity index is 836. The van der Waals surface area contributed by atoms with Gasteiger partial charge < -0.3 is 9.26 Å². The number of rotatable bonds is 5. The number of para-hydroxylation sites is 1. The molecule has 0 unspecified atom stereocenters. The lowest BCUT2D eigenvalue weighted by Gasteiger charge is -2.14. The molecular weight excluding hydrogens is 330 g/mol. The summed E-state index contributed by atoms with van der Waals surface area (Å²) >= 11 is 6.01. The van der Waals surface area contributed by atoms with Crippen LogP contribution < -0.4 is 10.1 Å². The highest BCUT2D eigenvalue weighted by molar-refractivity contribution is 6.32. The number of halogens is 1. The van der Waals surface area contributed by atoms with Gasteiger partial charge in [-0.05, 0) is 36.3 Å². The first kappa shape index (κ1) is 16.0. The van der Waals surface area contributed by atoms with E-state index in [4.69, 9.17) is 20.9 Å². The molecule has 2 aromatic carbocycles. The quantitative estimate of drug-likeness (QED) is 0.762. The Labute approximate surface area is 143 Å². The van der Waals surface area contributed by atoms with Crippen molar-refractivity contribution in [3.8, 4) is 17.2 Å². The average molecular weight is 344 g/mol. The SMILES string of the molecule is C[C@H](Oc1ccccc1Cl)C(=O)Nc1noc(-c2ccccc2)n1. The van der Waals surface area contributed by atoms with Crippen LogP contribution in [0.4, 0.5) is 5.95 Å². The molecule has 0 radical (unpaired) electrons. The van der Waals surface area contributed by atoms with Gasteiger partial charge in [-0.25, -0.2) is 0 Å². The summed E-state index contributed by atoms with van der Waals surface area (Å²) in [7, 11) is 0. The van der Waals surface area contributed by atoms with E-state index in [1.807, 2.05) is 30.3 Å². The minimum absolute atomic E-state index is 0.0773. The third kappa shape index (κ3) is 3.72. The van der Waals surface area contributed by atoms with Crippen LogP contribution in [0, 0.1) is 0 Å². The van der Waals surface area contributed by atoms with E-state index in [0.717, 1.165) is 5.56 Å². The highest BCUT2D eigenvalue weighted by Crippen LogP contribution is 2.24. The molecule has 3 aromatic rings. The summed E-state index contributed by atoms with van der Waals surface area (Å²) in [6.07, 6.45) is -0.774. The Balaban J connectivity index is 1.65. The third-order valence-electron chi connectivity index (χ3n) is 3.19. The molecule has 0 aliphatic heterocycles. The molecule has 1 amide bonds. The van der Waals surface area contributed by atoms with Gasteiger partial charge in [-0.15, -0.1) is 0 Å². The van der Waals surface area contributed by atoms with Crippen LogP contribution in [0.1, 0.15) is 6.92 Å². The van der Waals surface area contributed by atoms with Crippen LogP contribution in [0.3, 0.4) is 0 Å². The standard InChI is InChI=1S/C17H14ClN3O3/c1-11(23-14-10-6-5-9-13(14)18)15(22)19-17-20-16(24-21-17)12-7-3-2-4-8-12/h2-11H,1H3,(H,19,21,22)/t11-/m0/s1. The number of carbonyl (C=O) groups is 1.